The molecule has 33 heavy (non-hydrogen) atoms. The van der Waals surface area contributed by atoms with Crippen LogP contribution in [0.2, 0.25) is 0 Å². The van der Waals surface area contributed by atoms with Crippen LogP contribution in [0.5, 0.6) is 0 Å². The summed E-state index contributed by atoms with van der Waals surface area (Å²) in [6.07, 6.45) is 3.04. The van der Waals surface area contributed by atoms with Gasteiger partial charge in [-0.15, -0.1) is 0 Å². The summed E-state index contributed by atoms with van der Waals surface area (Å²) in [6, 6.07) is 9.26. The topological polar surface area (TPSA) is 91.1 Å². The number of piperazine rings is 1. The molecule has 0 spiro atoms. The molecule has 9 heteroatoms. The molecular formula is C24H27N3O5S. The largest absolute Gasteiger partial charge is 0.459 e. The zero-order chi connectivity index (χ0) is 24.5. The van der Waals surface area contributed by atoms with Crippen molar-refractivity contribution in [1.82, 2.24) is 14.1 Å². The van der Waals surface area contributed by atoms with Gasteiger partial charge in [0.15, 0.2) is 5.76 Å². The van der Waals surface area contributed by atoms with Gasteiger partial charge in [0.05, 0.1) is 28.6 Å². The van der Waals surface area contributed by atoms with Gasteiger partial charge in [-0.25, -0.2) is 12.7 Å². The van der Waals surface area contributed by atoms with Crippen LogP contribution in [0.1, 0.15) is 30.0 Å². The van der Waals surface area contributed by atoms with Crippen LogP contribution in [0.3, 0.4) is 0 Å². The van der Waals surface area contributed by atoms with Gasteiger partial charge < -0.3 is 14.2 Å². The summed E-state index contributed by atoms with van der Waals surface area (Å²) >= 11 is 0. The van der Waals surface area contributed by atoms with Crippen LogP contribution in [0.15, 0.2) is 82.6 Å². The van der Waals surface area contributed by atoms with Crippen molar-refractivity contribution in [3.05, 3.63) is 84.6 Å². The van der Waals surface area contributed by atoms with Crippen LogP contribution in [0, 0.1) is 0 Å². The smallest absolute Gasteiger partial charge is 0.294 e. The van der Waals surface area contributed by atoms with Crippen molar-refractivity contribution in [2.24, 2.45) is 0 Å². The van der Waals surface area contributed by atoms with Crippen molar-refractivity contribution >= 4 is 27.4 Å². The number of amides is 2. The Kier molecular flexibility index (Phi) is 6.76. The van der Waals surface area contributed by atoms with Crippen LogP contribution >= 0.6 is 0 Å². The van der Waals surface area contributed by atoms with E-state index in [2.05, 4.69) is 13.2 Å². The van der Waals surface area contributed by atoms with Crippen LogP contribution in [-0.2, 0) is 14.8 Å². The maximum atomic E-state index is 13.1. The van der Waals surface area contributed by atoms with Gasteiger partial charge in [0, 0.05) is 27.6 Å². The molecule has 2 amide bonds. The third-order valence-electron chi connectivity index (χ3n) is 5.38. The molecule has 0 N–H and O–H groups in total. The lowest BCUT2D eigenvalue weighted by molar-refractivity contribution is -0.129. The third-order valence-corrected chi connectivity index (χ3v) is 7.19. The molecule has 1 atom stereocenters. The number of nitrogens with zero attached hydrogens (tertiary/aromatic N) is 3. The lowest BCUT2D eigenvalue weighted by atomic mass is 10.0. The first kappa shape index (κ1) is 24.2. The summed E-state index contributed by atoms with van der Waals surface area (Å²) in [5, 5.41) is 0. The fourth-order valence-electron chi connectivity index (χ4n) is 3.69. The quantitative estimate of drug-likeness (QED) is 0.670. The molecule has 1 unspecified atom stereocenters. The highest BCUT2D eigenvalue weighted by molar-refractivity contribution is 7.89. The number of furan rings is 1. The summed E-state index contributed by atoms with van der Waals surface area (Å²) in [5.74, 6) is -0.422. The molecule has 2 aromatic rings. The Balaban J connectivity index is 2.06. The van der Waals surface area contributed by atoms with E-state index in [-0.39, 0.29) is 35.1 Å². The number of carbonyl (C=O) groups is 2. The van der Waals surface area contributed by atoms with E-state index in [9.17, 15) is 18.0 Å². The average molecular weight is 470 g/mol. The predicted molar refractivity (Wildman–Crippen MR) is 125 cm³/mol. The minimum atomic E-state index is -3.63. The van der Waals surface area contributed by atoms with Crippen molar-refractivity contribution < 1.29 is 22.4 Å². The van der Waals surface area contributed by atoms with E-state index in [1.807, 2.05) is 6.92 Å². The normalized spacial score (nSPS) is 18.2. The maximum Gasteiger partial charge on any atom is 0.294 e. The second-order valence-electron chi connectivity index (χ2n) is 7.95. The van der Waals surface area contributed by atoms with E-state index in [1.165, 1.54) is 49.2 Å². The number of hydrogen-bond donors (Lipinski definition) is 0. The van der Waals surface area contributed by atoms with Gasteiger partial charge in [-0.1, -0.05) is 25.3 Å². The van der Waals surface area contributed by atoms with E-state index >= 15 is 0 Å². The van der Waals surface area contributed by atoms with Crippen LogP contribution in [-0.4, -0.2) is 61.0 Å². The molecule has 0 bridgehead atoms. The molecule has 0 aliphatic carbocycles. The van der Waals surface area contributed by atoms with E-state index in [0.29, 0.717) is 22.5 Å². The molecule has 0 saturated carbocycles. The lowest BCUT2D eigenvalue weighted by Gasteiger charge is -2.42. The van der Waals surface area contributed by atoms with Crippen molar-refractivity contribution in [2.45, 2.75) is 24.8 Å². The highest BCUT2D eigenvalue weighted by Crippen LogP contribution is 2.31. The Morgan fingerprint density at radius 3 is 2.48 bits per heavy atom. The van der Waals surface area contributed by atoms with Crippen LogP contribution < -0.4 is 0 Å². The van der Waals surface area contributed by atoms with E-state index in [0.717, 1.165) is 4.31 Å². The van der Waals surface area contributed by atoms with Gasteiger partial charge in [-0.2, -0.15) is 0 Å². The monoisotopic (exact) mass is 469 g/mol. The van der Waals surface area contributed by atoms with Crippen molar-refractivity contribution in [2.75, 3.05) is 20.6 Å². The van der Waals surface area contributed by atoms with Gasteiger partial charge in [0.2, 0.25) is 15.9 Å². The Bertz CT molecular complexity index is 1240. The SMILES string of the molecule is C=C(/C=C1\C(=C)N(C(C)=O)C(C)CN1C(=O)c1ccco1)c1cccc(S(=O)(=O)N(C)C)c1. The summed E-state index contributed by atoms with van der Waals surface area (Å²) in [7, 11) is -0.716. The van der Waals surface area contributed by atoms with Gasteiger partial charge in [-0.05, 0) is 48.4 Å². The van der Waals surface area contributed by atoms with Crippen molar-refractivity contribution in [1.29, 1.82) is 0 Å². The zero-order valence-corrected chi connectivity index (χ0v) is 19.9. The summed E-state index contributed by atoms with van der Waals surface area (Å²) in [4.78, 5) is 28.6. The highest BCUT2D eigenvalue weighted by Gasteiger charge is 2.36. The Morgan fingerprint density at radius 2 is 1.91 bits per heavy atom. The Labute approximate surface area is 194 Å². The number of allylic oxidation sites excluding steroid dienone is 2. The lowest BCUT2D eigenvalue weighted by Crippen LogP contribution is -2.52. The number of rotatable bonds is 5. The first-order valence-electron chi connectivity index (χ1n) is 10.2. The molecule has 3 rings (SSSR count). The fourth-order valence-corrected chi connectivity index (χ4v) is 4.64. The standard InChI is InChI=1S/C24H27N3O5S/c1-16(20-9-7-10-21(14-20)33(30,31)25(5)6)13-22-18(3)27(19(4)28)17(2)15-26(22)24(29)23-11-8-12-32-23/h7-14,17H,1,3,15H2,2,4-6H3/b22-13+. The number of hydrogen-bond acceptors (Lipinski definition) is 5. The second kappa shape index (κ2) is 9.21. The third kappa shape index (κ3) is 4.69. The molecule has 174 valence electrons. The molecule has 1 aromatic carbocycles. The van der Waals surface area contributed by atoms with Crippen LogP contribution in [0.4, 0.5) is 0 Å². The zero-order valence-electron chi connectivity index (χ0n) is 19.1. The second-order valence-corrected chi connectivity index (χ2v) is 10.1. The Morgan fingerprint density at radius 1 is 1.21 bits per heavy atom. The number of sulfonamides is 1. The van der Waals surface area contributed by atoms with Crippen molar-refractivity contribution in [3.8, 4) is 0 Å². The number of carbonyl (C=O) groups excluding carboxylic acids is 2. The predicted octanol–water partition coefficient (Wildman–Crippen LogP) is 3.33. The summed E-state index contributed by atoms with van der Waals surface area (Å²) in [6.45, 7) is 11.6. The minimum absolute atomic E-state index is 0.120. The Hall–Kier alpha value is -3.43. The first-order chi connectivity index (χ1) is 15.4. The molecule has 1 saturated heterocycles. The van der Waals surface area contributed by atoms with Crippen LogP contribution in [0.25, 0.3) is 5.57 Å². The molecule has 0 radical (unpaired) electrons. The van der Waals surface area contributed by atoms with E-state index < -0.39 is 10.0 Å². The van der Waals surface area contributed by atoms with Gasteiger partial charge in [-0.3, -0.25) is 9.59 Å². The summed E-state index contributed by atoms with van der Waals surface area (Å²) in [5.41, 5.74) is 1.74. The van der Waals surface area contributed by atoms with Gasteiger partial charge in [0.1, 0.15) is 0 Å². The molecule has 1 aliphatic heterocycles. The van der Waals surface area contributed by atoms with E-state index in [1.54, 1.807) is 30.3 Å². The molecule has 8 nitrogen and oxygen atoms in total. The molecule has 1 aromatic heterocycles. The van der Waals surface area contributed by atoms with E-state index in [4.69, 9.17) is 4.42 Å². The average Bonchev–Trinajstić information content (AvgIpc) is 3.29. The molecule has 1 fully saturated rings. The minimum Gasteiger partial charge on any atom is -0.459 e. The molecule has 1 aliphatic rings. The first-order valence-corrected chi connectivity index (χ1v) is 11.7. The summed E-state index contributed by atoms with van der Waals surface area (Å²) < 4.78 is 31.5. The van der Waals surface area contributed by atoms with Gasteiger partial charge >= 0.3 is 0 Å². The van der Waals surface area contributed by atoms with Gasteiger partial charge in [0.25, 0.3) is 5.91 Å². The molecular weight excluding hydrogens is 442 g/mol. The molecule has 2 heterocycles. The fraction of sp³-hybridized carbons (Fsp3) is 0.250. The number of benzene rings is 1. The van der Waals surface area contributed by atoms with Crippen molar-refractivity contribution in [3.63, 3.8) is 0 Å². The highest BCUT2D eigenvalue weighted by atomic mass is 32.2. The maximum absolute atomic E-state index is 13.1.